The molecule has 9 heteroatoms. The van der Waals surface area contributed by atoms with Crippen molar-refractivity contribution in [3.05, 3.63) is 100 Å². The molecular weight excluding hydrogens is 582 g/mol. The monoisotopic (exact) mass is 625 g/mol. The van der Waals surface area contributed by atoms with Gasteiger partial charge in [-0.2, -0.15) is 13.2 Å². The third-order valence-electron chi connectivity index (χ3n) is 9.29. The Balaban J connectivity index is 1.46. The number of aliphatic hydroxyl groups excluding tert-OH is 1. The second kappa shape index (κ2) is 13.2. The topological polar surface area (TPSA) is 55.8 Å². The Morgan fingerprint density at radius 2 is 1.67 bits per heavy atom. The summed E-state index contributed by atoms with van der Waals surface area (Å²) >= 11 is 0. The molecule has 0 aromatic heterocycles. The molecule has 1 amide bonds. The molecule has 5 rings (SSSR count). The van der Waals surface area contributed by atoms with E-state index in [1.54, 1.807) is 36.1 Å². The molecule has 4 atom stereocenters. The molecule has 1 unspecified atom stereocenters. The molecule has 2 saturated heterocycles. The van der Waals surface area contributed by atoms with Crippen LogP contribution in [0.15, 0.2) is 66.7 Å². The van der Waals surface area contributed by atoms with Gasteiger partial charge in [0.2, 0.25) is 5.91 Å². The number of carbonyl (C=O) groups excluding carboxylic acids is 1. The van der Waals surface area contributed by atoms with E-state index in [0.717, 1.165) is 16.7 Å². The van der Waals surface area contributed by atoms with Gasteiger partial charge in [0, 0.05) is 30.4 Å². The quantitative estimate of drug-likeness (QED) is 0.261. The molecule has 0 aliphatic carbocycles. The lowest BCUT2D eigenvalue weighted by Gasteiger charge is -2.43. The zero-order valence-electron chi connectivity index (χ0n) is 26.4. The van der Waals surface area contributed by atoms with Crippen molar-refractivity contribution in [2.45, 2.75) is 89.8 Å². The number of rotatable bonds is 7. The van der Waals surface area contributed by atoms with E-state index < -0.39 is 36.2 Å². The van der Waals surface area contributed by atoms with Gasteiger partial charge in [-0.1, -0.05) is 69.3 Å². The summed E-state index contributed by atoms with van der Waals surface area (Å²) in [5.74, 6) is -1.30. The molecule has 2 fully saturated rings. The van der Waals surface area contributed by atoms with Gasteiger partial charge < -0.3 is 10.4 Å². The Labute approximate surface area is 263 Å². The molecule has 0 spiro atoms. The summed E-state index contributed by atoms with van der Waals surface area (Å²) < 4.78 is 55.7. The first kappa shape index (κ1) is 33.1. The number of amides is 1. The van der Waals surface area contributed by atoms with Crippen molar-refractivity contribution in [1.82, 2.24) is 9.80 Å². The third kappa shape index (κ3) is 7.42. The molecule has 0 radical (unpaired) electrons. The highest BCUT2D eigenvalue weighted by Gasteiger charge is 2.46. The van der Waals surface area contributed by atoms with Crippen molar-refractivity contribution in [2.75, 3.05) is 18.4 Å². The maximum absolute atomic E-state index is 15.1. The first-order valence-corrected chi connectivity index (χ1v) is 15.7. The van der Waals surface area contributed by atoms with Crippen LogP contribution in [0.4, 0.5) is 23.2 Å². The van der Waals surface area contributed by atoms with Crippen molar-refractivity contribution >= 4 is 11.6 Å². The average Bonchev–Trinajstić information content (AvgIpc) is 3.46. The van der Waals surface area contributed by atoms with Gasteiger partial charge >= 0.3 is 6.18 Å². The highest BCUT2D eigenvalue weighted by molar-refractivity contribution is 5.93. The zero-order chi connectivity index (χ0) is 32.5. The molecule has 3 aromatic carbocycles. The fraction of sp³-hybridized carbons (Fsp3) is 0.472. The van der Waals surface area contributed by atoms with Crippen molar-refractivity contribution in [2.24, 2.45) is 5.92 Å². The summed E-state index contributed by atoms with van der Waals surface area (Å²) in [5, 5.41) is 14.7. The largest absolute Gasteiger partial charge is 0.404 e. The lowest BCUT2D eigenvalue weighted by atomic mass is 9.82. The van der Waals surface area contributed by atoms with Crippen LogP contribution in [0, 0.1) is 18.7 Å². The Morgan fingerprint density at radius 1 is 0.978 bits per heavy atom. The summed E-state index contributed by atoms with van der Waals surface area (Å²) in [6.45, 7) is 9.04. The molecule has 2 aliphatic rings. The van der Waals surface area contributed by atoms with Crippen LogP contribution < -0.4 is 5.32 Å². The normalized spacial score (nSPS) is 22.4. The summed E-state index contributed by atoms with van der Waals surface area (Å²) in [5.41, 5.74) is 3.90. The fourth-order valence-electron chi connectivity index (χ4n) is 6.87. The van der Waals surface area contributed by atoms with Gasteiger partial charge in [-0.3, -0.25) is 14.6 Å². The van der Waals surface area contributed by atoms with Crippen LogP contribution in [0.5, 0.6) is 0 Å². The Kier molecular flexibility index (Phi) is 9.73. The molecule has 2 aliphatic heterocycles. The second-order valence-electron chi connectivity index (χ2n) is 13.5. The number of hydrogen-bond acceptors (Lipinski definition) is 4. The van der Waals surface area contributed by atoms with E-state index in [0.29, 0.717) is 43.6 Å². The standard InChI is InChI=1S/C36H43F4N3O2/c1-23-9-5-13-29(37)31(23)34(45)43-20-7-12-28(33(44)41-27-11-6-10-26(21-27)35(2,3)4)32(43)25-17-15-24(16-18-25)22-42-19-8-14-30(42)36(38,39)40/h5-6,9-11,13,15-18,21,28,30,32,34,45H,7-8,12,14,19-20,22H2,1-4H3,(H,41,44)/t28-,30-,32-,34?/m0/s1. The van der Waals surface area contributed by atoms with E-state index in [2.05, 4.69) is 26.1 Å². The van der Waals surface area contributed by atoms with Crippen LogP contribution in [-0.2, 0) is 16.8 Å². The highest BCUT2D eigenvalue weighted by atomic mass is 19.4. The number of aliphatic hydroxyl groups is 1. The minimum absolute atomic E-state index is 0.0986. The van der Waals surface area contributed by atoms with Crippen LogP contribution in [0.1, 0.15) is 86.5 Å². The lowest BCUT2D eigenvalue weighted by molar-refractivity contribution is -0.177. The van der Waals surface area contributed by atoms with Gasteiger partial charge in [-0.15, -0.1) is 0 Å². The number of carbonyl (C=O) groups is 1. The Morgan fingerprint density at radius 3 is 2.33 bits per heavy atom. The van der Waals surface area contributed by atoms with Gasteiger partial charge in [0.1, 0.15) is 18.1 Å². The molecule has 3 aromatic rings. The van der Waals surface area contributed by atoms with Crippen molar-refractivity contribution in [3.63, 3.8) is 0 Å². The highest BCUT2D eigenvalue weighted by Crippen LogP contribution is 2.42. The molecule has 242 valence electrons. The van der Waals surface area contributed by atoms with Crippen LogP contribution in [0.2, 0.25) is 0 Å². The number of likely N-dealkylation sites (tertiary alicyclic amines) is 2. The van der Waals surface area contributed by atoms with Crippen molar-refractivity contribution in [3.8, 4) is 0 Å². The van der Waals surface area contributed by atoms with Crippen molar-refractivity contribution < 1.29 is 27.5 Å². The minimum Gasteiger partial charge on any atom is -0.374 e. The second-order valence-corrected chi connectivity index (χ2v) is 13.5. The molecule has 0 bridgehead atoms. The predicted molar refractivity (Wildman–Crippen MR) is 168 cm³/mol. The lowest BCUT2D eigenvalue weighted by Crippen LogP contribution is -2.45. The smallest absolute Gasteiger partial charge is 0.374 e. The number of aryl methyl sites for hydroxylation is 1. The number of nitrogens with one attached hydrogen (secondary N) is 1. The number of hydrogen-bond donors (Lipinski definition) is 2. The maximum Gasteiger partial charge on any atom is 0.404 e. The third-order valence-corrected chi connectivity index (χ3v) is 9.29. The van der Waals surface area contributed by atoms with Crippen LogP contribution in [-0.4, -0.2) is 46.1 Å². The summed E-state index contributed by atoms with van der Waals surface area (Å²) in [7, 11) is 0. The van der Waals surface area contributed by atoms with Gasteiger partial charge in [0.15, 0.2) is 0 Å². The van der Waals surface area contributed by atoms with Crippen molar-refractivity contribution in [1.29, 1.82) is 0 Å². The van der Waals surface area contributed by atoms with Gasteiger partial charge in [0.25, 0.3) is 0 Å². The van der Waals surface area contributed by atoms with Gasteiger partial charge in [0.05, 0.1) is 5.92 Å². The van der Waals surface area contributed by atoms with E-state index in [4.69, 9.17) is 0 Å². The van der Waals surface area contributed by atoms with E-state index >= 15 is 4.39 Å². The number of alkyl halides is 3. The molecule has 5 nitrogen and oxygen atoms in total. The number of halogens is 4. The van der Waals surface area contributed by atoms with Crippen LogP contribution in [0.3, 0.4) is 0 Å². The molecular formula is C36H43F4N3O2. The first-order valence-electron chi connectivity index (χ1n) is 15.7. The fourth-order valence-corrected chi connectivity index (χ4v) is 6.87. The molecule has 0 saturated carbocycles. The Hall–Kier alpha value is -3.27. The molecule has 45 heavy (non-hydrogen) atoms. The summed E-state index contributed by atoms with van der Waals surface area (Å²) in [6, 6.07) is 17.6. The average molecular weight is 626 g/mol. The van der Waals surface area contributed by atoms with E-state index in [9.17, 15) is 23.1 Å². The molecule has 2 N–H and O–H groups in total. The summed E-state index contributed by atoms with van der Waals surface area (Å²) in [4.78, 5) is 17.2. The zero-order valence-corrected chi connectivity index (χ0v) is 26.4. The minimum atomic E-state index is -4.27. The first-order chi connectivity index (χ1) is 21.2. The maximum atomic E-state index is 15.1. The van der Waals surface area contributed by atoms with E-state index in [-0.39, 0.29) is 29.9 Å². The summed E-state index contributed by atoms with van der Waals surface area (Å²) in [6.07, 6.45) is -3.80. The van der Waals surface area contributed by atoms with Gasteiger partial charge in [-0.05, 0) is 85.0 Å². The van der Waals surface area contributed by atoms with Crippen LogP contribution >= 0.6 is 0 Å². The Bertz CT molecular complexity index is 1460. The molecule has 2 heterocycles. The van der Waals surface area contributed by atoms with Gasteiger partial charge in [-0.25, -0.2) is 4.39 Å². The van der Waals surface area contributed by atoms with E-state index in [1.165, 1.54) is 11.0 Å². The number of piperidine rings is 1. The van der Waals surface area contributed by atoms with E-state index in [1.807, 2.05) is 36.4 Å². The number of benzene rings is 3. The van der Waals surface area contributed by atoms with Crippen LogP contribution in [0.25, 0.3) is 0 Å². The number of nitrogens with zero attached hydrogens (tertiary/aromatic N) is 2. The SMILES string of the molecule is Cc1cccc(F)c1C(O)N1CCC[C@H](C(=O)Nc2cccc(C(C)(C)C)c2)[C@@H]1c1ccc(CN2CCC[C@H]2C(F)(F)F)cc1. The number of anilines is 1. The predicted octanol–water partition coefficient (Wildman–Crippen LogP) is 8.04.